The van der Waals surface area contributed by atoms with Crippen LogP contribution in [0.3, 0.4) is 0 Å². The number of nitrogens with two attached hydrogens (primary N) is 1. The molecule has 0 fully saturated rings. The van der Waals surface area contributed by atoms with Gasteiger partial charge in [0.1, 0.15) is 23.2 Å². The SMILES string of the molecule is CCCCCCCOc1ccc(-c2c(C#N)c(N)nc(C)c2CC)cc1. The topological polar surface area (TPSA) is 71.9 Å². The third kappa shape index (κ3) is 4.76. The van der Waals surface area contributed by atoms with E-state index in [-0.39, 0.29) is 0 Å². The lowest BCUT2D eigenvalue weighted by Gasteiger charge is -2.15. The average Bonchev–Trinajstić information content (AvgIpc) is 2.64. The molecule has 0 aliphatic carbocycles. The largest absolute Gasteiger partial charge is 0.494 e. The highest BCUT2D eigenvalue weighted by Crippen LogP contribution is 2.33. The molecule has 138 valence electrons. The number of anilines is 1. The first-order valence-electron chi connectivity index (χ1n) is 9.54. The Bertz CT molecular complexity index is 760. The Morgan fingerprint density at radius 3 is 2.38 bits per heavy atom. The van der Waals surface area contributed by atoms with Gasteiger partial charge in [-0.15, -0.1) is 0 Å². The number of aromatic nitrogens is 1. The summed E-state index contributed by atoms with van der Waals surface area (Å²) in [5, 5.41) is 9.54. The molecule has 0 saturated carbocycles. The second kappa shape index (κ2) is 9.82. The second-order valence-electron chi connectivity index (χ2n) is 6.56. The van der Waals surface area contributed by atoms with Crippen molar-refractivity contribution in [3.63, 3.8) is 0 Å². The summed E-state index contributed by atoms with van der Waals surface area (Å²) in [6.07, 6.45) is 6.93. The third-order valence-corrected chi connectivity index (χ3v) is 4.66. The van der Waals surface area contributed by atoms with Crippen molar-refractivity contribution >= 4 is 5.82 Å². The van der Waals surface area contributed by atoms with Crippen molar-refractivity contribution in [1.29, 1.82) is 5.26 Å². The van der Waals surface area contributed by atoms with E-state index in [0.717, 1.165) is 47.6 Å². The number of benzene rings is 1. The van der Waals surface area contributed by atoms with Crippen molar-refractivity contribution in [2.45, 2.75) is 59.3 Å². The molecule has 1 aromatic carbocycles. The van der Waals surface area contributed by atoms with Crippen LogP contribution in [0, 0.1) is 18.3 Å². The van der Waals surface area contributed by atoms with Crippen molar-refractivity contribution in [2.75, 3.05) is 12.3 Å². The van der Waals surface area contributed by atoms with Gasteiger partial charge in [-0.3, -0.25) is 0 Å². The minimum Gasteiger partial charge on any atom is -0.494 e. The van der Waals surface area contributed by atoms with Crippen LogP contribution in [-0.2, 0) is 6.42 Å². The fraction of sp³-hybridized carbons (Fsp3) is 0.455. The zero-order chi connectivity index (χ0) is 18.9. The lowest BCUT2D eigenvalue weighted by atomic mass is 9.93. The quantitative estimate of drug-likeness (QED) is 0.612. The normalized spacial score (nSPS) is 10.5. The summed E-state index contributed by atoms with van der Waals surface area (Å²) in [5.74, 6) is 1.16. The van der Waals surface area contributed by atoms with Crippen LogP contribution in [0.25, 0.3) is 11.1 Å². The minimum absolute atomic E-state index is 0.296. The van der Waals surface area contributed by atoms with E-state index in [4.69, 9.17) is 10.5 Å². The van der Waals surface area contributed by atoms with Gasteiger partial charge >= 0.3 is 0 Å². The molecule has 2 rings (SSSR count). The Balaban J connectivity index is 2.15. The van der Waals surface area contributed by atoms with Crippen LogP contribution >= 0.6 is 0 Å². The molecule has 0 atom stereocenters. The van der Waals surface area contributed by atoms with Gasteiger partial charge in [-0.2, -0.15) is 5.26 Å². The van der Waals surface area contributed by atoms with Crippen molar-refractivity contribution in [1.82, 2.24) is 4.98 Å². The van der Waals surface area contributed by atoms with Crippen LogP contribution in [0.5, 0.6) is 5.75 Å². The number of unbranched alkanes of at least 4 members (excludes halogenated alkanes) is 4. The number of ether oxygens (including phenoxy) is 1. The molecule has 4 heteroatoms. The molecule has 0 saturated heterocycles. The van der Waals surface area contributed by atoms with Crippen molar-refractivity contribution in [2.24, 2.45) is 0 Å². The Hall–Kier alpha value is -2.54. The van der Waals surface area contributed by atoms with Crippen LogP contribution in [0.1, 0.15) is 62.8 Å². The molecule has 0 aliphatic heterocycles. The van der Waals surface area contributed by atoms with Crippen LogP contribution in [0.15, 0.2) is 24.3 Å². The predicted octanol–water partition coefficient (Wildman–Crippen LogP) is 5.42. The molecule has 2 N–H and O–H groups in total. The number of hydrogen-bond acceptors (Lipinski definition) is 4. The van der Waals surface area contributed by atoms with Crippen molar-refractivity contribution in [3.05, 3.63) is 41.1 Å². The number of nitrogen functional groups attached to an aromatic ring is 1. The van der Waals surface area contributed by atoms with Gasteiger partial charge in [0.25, 0.3) is 0 Å². The van der Waals surface area contributed by atoms with Crippen LogP contribution in [0.4, 0.5) is 5.82 Å². The van der Waals surface area contributed by atoms with E-state index in [0.29, 0.717) is 11.4 Å². The molecular formula is C22H29N3O. The molecule has 4 nitrogen and oxygen atoms in total. The first-order chi connectivity index (χ1) is 12.6. The summed E-state index contributed by atoms with van der Waals surface area (Å²) >= 11 is 0. The van der Waals surface area contributed by atoms with E-state index < -0.39 is 0 Å². The fourth-order valence-corrected chi connectivity index (χ4v) is 3.24. The van der Waals surface area contributed by atoms with Gasteiger partial charge in [-0.1, -0.05) is 51.7 Å². The molecule has 1 heterocycles. The molecule has 0 bridgehead atoms. The molecule has 0 amide bonds. The lowest BCUT2D eigenvalue weighted by Crippen LogP contribution is -2.05. The maximum Gasteiger partial charge on any atom is 0.142 e. The van der Waals surface area contributed by atoms with Crippen molar-refractivity contribution < 1.29 is 4.74 Å². The van der Waals surface area contributed by atoms with E-state index in [1.807, 2.05) is 31.2 Å². The van der Waals surface area contributed by atoms with Gasteiger partial charge in [-0.05, 0) is 43.0 Å². The predicted molar refractivity (Wildman–Crippen MR) is 107 cm³/mol. The standard InChI is InChI=1S/C22H29N3O/c1-4-6-7-8-9-14-26-18-12-10-17(11-13-18)21-19(5-2)16(3)25-22(24)20(21)15-23/h10-13H,4-9,14H2,1-3H3,(H2,24,25). The third-order valence-electron chi connectivity index (χ3n) is 4.66. The van der Waals surface area contributed by atoms with E-state index in [2.05, 4.69) is 24.9 Å². The first-order valence-corrected chi connectivity index (χ1v) is 9.54. The van der Waals surface area contributed by atoms with Crippen LogP contribution in [-0.4, -0.2) is 11.6 Å². The smallest absolute Gasteiger partial charge is 0.142 e. The summed E-state index contributed by atoms with van der Waals surface area (Å²) in [5.41, 5.74) is 10.3. The van der Waals surface area contributed by atoms with Gasteiger partial charge in [0.15, 0.2) is 0 Å². The molecule has 0 spiro atoms. The average molecular weight is 351 g/mol. The van der Waals surface area contributed by atoms with Gasteiger partial charge < -0.3 is 10.5 Å². The van der Waals surface area contributed by atoms with Gasteiger partial charge in [0.05, 0.1) is 6.61 Å². The zero-order valence-corrected chi connectivity index (χ0v) is 16.1. The van der Waals surface area contributed by atoms with Gasteiger partial charge in [0.2, 0.25) is 0 Å². The van der Waals surface area contributed by atoms with E-state index >= 15 is 0 Å². The molecule has 0 unspecified atom stereocenters. The van der Waals surface area contributed by atoms with Gasteiger partial charge in [-0.25, -0.2) is 4.98 Å². The maximum atomic E-state index is 9.54. The molecule has 0 aliphatic rings. The number of rotatable bonds is 9. The highest BCUT2D eigenvalue weighted by atomic mass is 16.5. The summed E-state index contributed by atoms with van der Waals surface area (Å²) in [4.78, 5) is 4.32. The summed E-state index contributed by atoms with van der Waals surface area (Å²) in [6, 6.07) is 10.2. The maximum absolute atomic E-state index is 9.54. The monoisotopic (exact) mass is 351 g/mol. The fourth-order valence-electron chi connectivity index (χ4n) is 3.24. The van der Waals surface area contributed by atoms with E-state index in [1.165, 1.54) is 25.7 Å². The van der Waals surface area contributed by atoms with Gasteiger partial charge in [0, 0.05) is 11.3 Å². The summed E-state index contributed by atoms with van der Waals surface area (Å²) in [7, 11) is 0. The Morgan fingerprint density at radius 2 is 1.77 bits per heavy atom. The number of aryl methyl sites for hydroxylation is 1. The summed E-state index contributed by atoms with van der Waals surface area (Å²) < 4.78 is 5.84. The zero-order valence-electron chi connectivity index (χ0n) is 16.1. The molecule has 1 aromatic heterocycles. The van der Waals surface area contributed by atoms with E-state index in [1.54, 1.807) is 0 Å². The lowest BCUT2D eigenvalue weighted by molar-refractivity contribution is 0.304. The minimum atomic E-state index is 0.296. The highest BCUT2D eigenvalue weighted by Gasteiger charge is 2.17. The molecular weight excluding hydrogens is 322 g/mol. The van der Waals surface area contributed by atoms with Crippen LogP contribution < -0.4 is 10.5 Å². The second-order valence-corrected chi connectivity index (χ2v) is 6.56. The molecule has 2 aromatic rings. The van der Waals surface area contributed by atoms with Crippen LogP contribution in [0.2, 0.25) is 0 Å². The number of hydrogen-bond donors (Lipinski definition) is 1. The summed E-state index contributed by atoms with van der Waals surface area (Å²) in [6.45, 7) is 6.97. The Kier molecular flexibility index (Phi) is 7.47. The highest BCUT2D eigenvalue weighted by molar-refractivity contribution is 5.79. The first kappa shape index (κ1) is 19.8. The number of nitrogens with zero attached hydrogens (tertiary/aromatic N) is 2. The molecule has 0 radical (unpaired) electrons. The Morgan fingerprint density at radius 1 is 1.08 bits per heavy atom. The number of pyridine rings is 1. The Labute approximate surface area is 157 Å². The van der Waals surface area contributed by atoms with Crippen molar-refractivity contribution in [3.8, 4) is 22.9 Å². The molecule has 26 heavy (non-hydrogen) atoms. The van der Waals surface area contributed by atoms with E-state index in [9.17, 15) is 5.26 Å². The number of nitriles is 1.